The van der Waals surface area contributed by atoms with Crippen molar-refractivity contribution in [1.82, 2.24) is 0 Å². The fraction of sp³-hybridized carbons (Fsp3) is 1.00. The van der Waals surface area contributed by atoms with E-state index in [0.717, 1.165) is 12.5 Å². The molecule has 1 radical (unpaired) electrons. The lowest BCUT2D eigenvalue weighted by Crippen LogP contribution is -1.95. The van der Waals surface area contributed by atoms with Gasteiger partial charge in [0.05, 0.1) is 0 Å². The average Bonchev–Trinajstić information content (AvgIpc) is 1.35. The predicted octanol–water partition coefficient (Wildman–Crippen LogP) is 0.977. The van der Waals surface area contributed by atoms with E-state index in [2.05, 4.69) is 12.1 Å². The molecule has 0 fully saturated rings. The van der Waals surface area contributed by atoms with Crippen LogP contribution in [0.2, 0.25) is 6.04 Å². The molecule has 6 heavy (non-hydrogen) atoms. The summed E-state index contributed by atoms with van der Waals surface area (Å²) in [4.78, 5) is 10.1. The Balaban J connectivity index is 2.63. The summed E-state index contributed by atoms with van der Waals surface area (Å²) in [6.07, 6.45) is 1.00. The van der Waals surface area contributed by atoms with Crippen molar-refractivity contribution < 1.29 is 4.80 Å². The summed E-state index contributed by atoms with van der Waals surface area (Å²) >= 11 is 3.76. The Hall–Kier alpha value is 0.527. The Morgan fingerprint density at radius 2 is 2.33 bits per heavy atom. The predicted molar refractivity (Wildman–Crippen MR) is 31.9 cm³/mol. The van der Waals surface area contributed by atoms with Crippen LogP contribution < -0.4 is 0 Å². The lowest BCUT2D eigenvalue weighted by Gasteiger charge is -1.88. The van der Waals surface area contributed by atoms with E-state index in [-0.39, 0.29) is 0 Å². The van der Waals surface area contributed by atoms with E-state index >= 15 is 0 Å². The molecule has 0 amide bonds. The maximum absolute atomic E-state index is 10.1. The Morgan fingerprint density at radius 3 is 2.33 bits per heavy atom. The molecule has 0 N–H and O–H groups in total. The van der Waals surface area contributed by atoms with Gasteiger partial charge in [-0.25, -0.2) is 0 Å². The summed E-state index contributed by atoms with van der Waals surface area (Å²) in [7, 11) is -1.73. The molecular weight excluding hydrogens is 112 g/mol. The van der Waals surface area contributed by atoms with E-state index in [0.29, 0.717) is 0 Å². The van der Waals surface area contributed by atoms with Gasteiger partial charge in [0.25, 0.3) is 8.19 Å². The van der Waals surface area contributed by atoms with Crippen molar-refractivity contribution in [3.05, 3.63) is 0 Å². The van der Waals surface area contributed by atoms with Crippen molar-refractivity contribution in [3.8, 4) is 0 Å². The molecular formula is C3H9OSSi. The van der Waals surface area contributed by atoms with Gasteiger partial charge in [0.2, 0.25) is 0 Å². The zero-order chi connectivity index (χ0) is 4.99. The Kier molecular flexibility index (Phi) is 4.03. The third-order valence-electron chi connectivity index (χ3n) is 0.536. The van der Waals surface area contributed by atoms with Crippen molar-refractivity contribution in [3.63, 3.8) is 0 Å². The highest BCUT2D eigenvalue weighted by Crippen LogP contribution is 1.95. The lowest BCUT2D eigenvalue weighted by molar-refractivity contribution is 0.465. The van der Waals surface area contributed by atoms with Crippen LogP contribution in [0.5, 0.6) is 0 Å². The maximum Gasteiger partial charge on any atom is 0.278 e. The van der Waals surface area contributed by atoms with Gasteiger partial charge in [0.15, 0.2) is 0 Å². The van der Waals surface area contributed by atoms with Crippen LogP contribution >= 0.6 is 12.1 Å². The molecule has 0 saturated heterocycles. The third-order valence-corrected chi connectivity index (χ3v) is 2.38. The Morgan fingerprint density at radius 1 is 1.83 bits per heavy atom. The maximum atomic E-state index is 10.1. The van der Waals surface area contributed by atoms with E-state index in [1.54, 1.807) is 0 Å². The smallest absolute Gasteiger partial charge is 0.278 e. The van der Waals surface area contributed by atoms with Crippen molar-refractivity contribution >= 4 is 20.3 Å². The van der Waals surface area contributed by atoms with Gasteiger partial charge in [-0.15, -0.1) is 0 Å². The highest BCUT2D eigenvalue weighted by Gasteiger charge is 1.96. The quantitative estimate of drug-likeness (QED) is 0.415. The number of hydrogen-bond donors (Lipinski definition) is 1. The van der Waals surface area contributed by atoms with Crippen LogP contribution in [0.1, 0.15) is 13.3 Å². The molecule has 0 aromatic heterocycles. The molecule has 0 heterocycles. The number of thiol groups is 1. The molecule has 0 rings (SSSR count). The minimum Gasteiger partial charge on any atom is -0.288 e. The van der Waals surface area contributed by atoms with Gasteiger partial charge in [0, 0.05) is 0 Å². The standard InChI is InChI=1S/C3H9OSSi/c1-2-3-6(4)5/h5-6H,2-3H2,1H3. The minimum atomic E-state index is -1.73. The topological polar surface area (TPSA) is 19.9 Å². The SMILES string of the molecule is CCC[SiH]([O])S. The molecule has 0 aromatic carbocycles. The summed E-state index contributed by atoms with van der Waals surface area (Å²) in [5, 5.41) is 0. The molecule has 0 aromatic rings. The summed E-state index contributed by atoms with van der Waals surface area (Å²) < 4.78 is 0. The molecule has 1 nitrogen and oxygen atoms in total. The van der Waals surface area contributed by atoms with Gasteiger partial charge >= 0.3 is 0 Å². The highest BCUT2D eigenvalue weighted by molar-refractivity contribution is 8.09. The lowest BCUT2D eigenvalue weighted by atomic mass is 10.6. The summed E-state index contributed by atoms with van der Waals surface area (Å²) in [5.74, 6) is 0. The highest BCUT2D eigenvalue weighted by atomic mass is 32.3. The molecule has 0 saturated carbocycles. The van der Waals surface area contributed by atoms with Crippen LogP contribution in [0, 0.1) is 0 Å². The van der Waals surface area contributed by atoms with Crippen molar-refractivity contribution in [1.29, 1.82) is 0 Å². The molecule has 37 valence electrons. The van der Waals surface area contributed by atoms with E-state index in [1.807, 2.05) is 6.92 Å². The van der Waals surface area contributed by atoms with E-state index in [9.17, 15) is 4.80 Å². The molecule has 0 aliphatic rings. The van der Waals surface area contributed by atoms with Gasteiger partial charge in [-0.1, -0.05) is 13.3 Å². The fourth-order valence-corrected chi connectivity index (χ4v) is 1.52. The largest absolute Gasteiger partial charge is 0.288 e. The minimum absolute atomic E-state index is 0.823. The second kappa shape index (κ2) is 3.71. The number of hydrogen-bond acceptors (Lipinski definition) is 1. The zero-order valence-corrected chi connectivity index (χ0v) is 5.90. The molecule has 1 unspecified atom stereocenters. The van der Waals surface area contributed by atoms with Gasteiger partial charge < -0.3 is 0 Å². The average molecular weight is 121 g/mol. The molecule has 0 spiro atoms. The normalized spacial score (nSPS) is 14.5. The first kappa shape index (κ1) is 6.53. The van der Waals surface area contributed by atoms with Gasteiger partial charge in [-0.2, -0.15) is 12.1 Å². The fourth-order valence-electron chi connectivity index (χ4n) is 0.247. The van der Waals surface area contributed by atoms with Crippen LogP contribution in [0.25, 0.3) is 0 Å². The number of rotatable bonds is 2. The van der Waals surface area contributed by atoms with Crippen molar-refractivity contribution in [2.45, 2.75) is 19.4 Å². The monoisotopic (exact) mass is 121 g/mol. The second-order valence-electron chi connectivity index (χ2n) is 1.24. The van der Waals surface area contributed by atoms with Crippen molar-refractivity contribution in [2.24, 2.45) is 0 Å². The summed E-state index contributed by atoms with van der Waals surface area (Å²) in [6, 6.07) is 0.823. The van der Waals surface area contributed by atoms with E-state index in [1.165, 1.54) is 0 Å². The zero-order valence-electron chi connectivity index (χ0n) is 3.85. The van der Waals surface area contributed by atoms with E-state index in [4.69, 9.17) is 0 Å². The van der Waals surface area contributed by atoms with Gasteiger partial charge in [-0.3, -0.25) is 4.80 Å². The Labute approximate surface area is 45.2 Å². The van der Waals surface area contributed by atoms with Crippen LogP contribution in [0.3, 0.4) is 0 Å². The second-order valence-corrected chi connectivity index (χ2v) is 4.46. The van der Waals surface area contributed by atoms with Gasteiger partial charge in [0.1, 0.15) is 0 Å². The van der Waals surface area contributed by atoms with Gasteiger partial charge in [-0.05, 0) is 6.04 Å². The van der Waals surface area contributed by atoms with Crippen molar-refractivity contribution in [2.75, 3.05) is 0 Å². The molecule has 0 aliphatic carbocycles. The van der Waals surface area contributed by atoms with Crippen LogP contribution in [-0.2, 0) is 4.80 Å². The third kappa shape index (κ3) is 4.53. The summed E-state index contributed by atoms with van der Waals surface area (Å²) in [6.45, 7) is 2.01. The van der Waals surface area contributed by atoms with Crippen LogP contribution in [-0.4, -0.2) is 8.19 Å². The van der Waals surface area contributed by atoms with Crippen LogP contribution in [0.15, 0.2) is 0 Å². The molecule has 0 aliphatic heterocycles. The first-order valence-electron chi connectivity index (χ1n) is 2.11. The molecule has 1 atom stereocenters. The first-order chi connectivity index (χ1) is 2.77. The first-order valence-corrected chi connectivity index (χ1v) is 5.46. The molecule has 0 bridgehead atoms. The van der Waals surface area contributed by atoms with Crippen LogP contribution in [0.4, 0.5) is 0 Å². The van der Waals surface area contributed by atoms with E-state index < -0.39 is 8.19 Å². The summed E-state index contributed by atoms with van der Waals surface area (Å²) in [5.41, 5.74) is 0. The Bertz CT molecular complexity index is 32.0. The molecule has 3 heteroatoms.